The smallest absolute Gasteiger partial charge is 0.155 e. The molecule has 8 nitrogen and oxygen atoms in total. The summed E-state index contributed by atoms with van der Waals surface area (Å²) in [6.45, 7) is 1.39. The molecule has 4 aromatic heterocycles. The summed E-state index contributed by atoms with van der Waals surface area (Å²) in [6, 6.07) is 16.7. The van der Waals surface area contributed by atoms with Crippen LogP contribution in [0.5, 0.6) is 11.5 Å². The van der Waals surface area contributed by atoms with E-state index < -0.39 is 0 Å². The Bertz CT molecular complexity index is 1790. The predicted molar refractivity (Wildman–Crippen MR) is 150 cm³/mol. The van der Waals surface area contributed by atoms with E-state index in [0.717, 1.165) is 56.5 Å². The fourth-order valence-electron chi connectivity index (χ4n) is 4.64. The monoisotopic (exact) mass is 522 g/mol. The Morgan fingerprint density at radius 2 is 1.74 bits per heavy atom. The van der Waals surface area contributed by atoms with Crippen molar-refractivity contribution in [3.63, 3.8) is 0 Å². The summed E-state index contributed by atoms with van der Waals surface area (Å²) in [5, 5.41) is 9.43. The number of rotatable bonds is 8. The highest BCUT2D eigenvalue weighted by molar-refractivity contribution is 6.01. The fourth-order valence-corrected chi connectivity index (χ4v) is 4.64. The molecule has 0 fully saturated rings. The number of H-pyrrole nitrogens is 2. The van der Waals surface area contributed by atoms with Crippen LogP contribution in [0.25, 0.3) is 55.6 Å². The highest BCUT2D eigenvalue weighted by Gasteiger charge is 2.16. The quantitative estimate of drug-likeness (QED) is 0.258. The van der Waals surface area contributed by atoms with Gasteiger partial charge in [0.05, 0.1) is 19.0 Å². The van der Waals surface area contributed by atoms with Gasteiger partial charge >= 0.3 is 0 Å². The van der Waals surface area contributed by atoms with Crippen LogP contribution >= 0.6 is 0 Å². The van der Waals surface area contributed by atoms with Gasteiger partial charge in [-0.25, -0.2) is 9.37 Å². The average Bonchev–Trinajstić information content (AvgIpc) is 3.56. The molecule has 0 amide bonds. The Kier molecular flexibility index (Phi) is 6.42. The molecule has 0 unspecified atom stereocenters. The van der Waals surface area contributed by atoms with Crippen LogP contribution in [0.1, 0.15) is 0 Å². The van der Waals surface area contributed by atoms with Gasteiger partial charge in [0, 0.05) is 52.4 Å². The third-order valence-corrected chi connectivity index (χ3v) is 6.61. The van der Waals surface area contributed by atoms with Gasteiger partial charge in [0.2, 0.25) is 0 Å². The zero-order valence-electron chi connectivity index (χ0n) is 21.8. The number of hydrogen-bond acceptors (Lipinski definition) is 6. The number of benzene rings is 2. The highest BCUT2D eigenvalue weighted by Crippen LogP contribution is 2.36. The predicted octanol–water partition coefficient (Wildman–Crippen LogP) is 5.92. The van der Waals surface area contributed by atoms with Crippen LogP contribution in [-0.2, 0) is 0 Å². The molecule has 0 aliphatic carbocycles. The lowest BCUT2D eigenvalue weighted by Gasteiger charge is -2.11. The van der Waals surface area contributed by atoms with E-state index in [4.69, 9.17) is 9.47 Å². The van der Waals surface area contributed by atoms with Crippen molar-refractivity contribution in [2.24, 2.45) is 0 Å². The summed E-state index contributed by atoms with van der Waals surface area (Å²) in [5.74, 6) is 0.825. The molecule has 2 aromatic carbocycles. The Morgan fingerprint density at radius 1 is 0.897 bits per heavy atom. The molecule has 6 aromatic rings. The highest BCUT2D eigenvalue weighted by atomic mass is 19.1. The molecule has 0 radical (unpaired) electrons. The van der Waals surface area contributed by atoms with Gasteiger partial charge in [-0.3, -0.25) is 10.1 Å². The van der Waals surface area contributed by atoms with Crippen molar-refractivity contribution >= 4 is 21.9 Å². The molecule has 2 N–H and O–H groups in total. The number of aromatic amines is 2. The van der Waals surface area contributed by atoms with Crippen molar-refractivity contribution in [3.8, 4) is 45.1 Å². The number of ether oxygens (including phenoxy) is 2. The number of pyridine rings is 2. The summed E-state index contributed by atoms with van der Waals surface area (Å²) < 4.78 is 25.4. The maximum atomic E-state index is 14.3. The summed E-state index contributed by atoms with van der Waals surface area (Å²) in [4.78, 5) is 14.5. The van der Waals surface area contributed by atoms with Crippen molar-refractivity contribution in [2.45, 2.75) is 0 Å². The van der Waals surface area contributed by atoms with Gasteiger partial charge in [0.25, 0.3) is 0 Å². The van der Waals surface area contributed by atoms with Crippen LogP contribution in [0.4, 0.5) is 4.39 Å². The van der Waals surface area contributed by atoms with Crippen LogP contribution in [0.15, 0.2) is 73.2 Å². The van der Waals surface area contributed by atoms with E-state index >= 15 is 0 Å². The number of nitrogens with one attached hydrogen (secondary N) is 2. The van der Waals surface area contributed by atoms with E-state index in [0.29, 0.717) is 23.8 Å². The largest absolute Gasteiger partial charge is 0.497 e. The zero-order valence-corrected chi connectivity index (χ0v) is 21.8. The van der Waals surface area contributed by atoms with E-state index in [1.54, 1.807) is 18.6 Å². The number of fused-ring (bicyclic) bond motifs is 2. The maximum absolute atomic E-state index is 14.3. The van der Waals surface area contributed by atoms with Gasteiger partial charge in [-0.1, -0.05) is 12.1 Å². The molecule has 6 rings (SSSR count). The number of aromatic nitrogens is 5. The number of methoxy groups -OCH3 is 1. The summed E-state index contributed by atoms with van der Waals surface area (Å²) >= 11 is 0. The van der Waals surface area contributed by atoms with E-state index in [9.17, 15) is 4.39 Å². The number of halogens is 1. The molecule has 0 saturated carbocycles. The minimum absolute atomic E-state index is 0.351. The van der Waals surface area contributed by atoms with Gasteiger partial charge < -0.3 is 19.4 Å². The molecule has 0 atom stereocenters. The van der Waals surface area contributed by atoms with Crippen LogP contribution in [0, 0.1) is 5.82 Å². The van der Waals surface area contributed by atoms with Gasteiger partial charge in [-0.05, 0) is 61.6 Å². The van der Waals surface area contributed by atoms with Gasteiger partial charge in [-0.2, -0.15) is 5.10 Å². The fraction of sp³-hybridized carbons (Fsp3) is 0.167. The summed E-state index contributed by atoms with van der Waals surface area (Å²) in [6.07, 6.45) is 5.31. The standard InChI is InChI=1S/C30H27FN6O2/c1-37(2)7-8-39-23-11-19(15-32-17-23)20-12-26-29(35-36-30(26)33-16-20)28-14-25-24(5-4-6-27(25)34-28)18-9-21(31)13-22(10-18)38-3/h4-6,9-17,34H,7-8H2,1-3H3,(H,33,35,36). The van der Waals surface area contributed by atoms with Gasteiger partial charge in [0.15, 0.2) is 5.65 Å². The molecule has 0 bridgehead atoms. The Balaban J connectivity index is 1.38. The van der Waals surface area contributed by atoms with Crippen molar-refractivity contribution in [3.05, 3.63) is 79.0 Å². The van der Waals surface area contributed by atoms with E-state index in [-0.39, 0.29) is 5.82 Å². The minimum Gasteiger partial charge on any atom is -0.497 e. The van der Waals surface area contributed by atoms with Crippen molar-refractivity contribution < 1.29 is 13.9 Å². The summed E-state index contributed by atoms with van der Waals surface area (Å²) in [7, 11) is 5.55. The Labute approximate surface area is 224 Å². The first-order valence-corrected chi connectivity index (χ1v) is 12.5. The maximum Gasteiger partial charge on any atom is 0.155 e. The first-order chi connectivity index (χ1) is 19.0. The number of hydrogen-bond donors (Lipinski definition) is 2. The van der Waals surface area contributed by atoms with Crippen LogP contribution in [-0.4, -0.2) is 64.4 Å². The minimum atomic E-state index is -0.351. The lowest BCUT2D eigenvalue weighted by Crippen LogP contribution is -2.19. The van der Waals surface area contributed by atoms with E-state index in [1.807, 2.05) is 56.6 Å². The molecule has 0 aliphatic heterocycles. The Hall–Kier alpha value is -4.76. The third kappa shape index (κ3) is 4.92. The molecular weight excluding hydrogens is 495 g/mol. The number of likely N-dealkylation sites (N-methyl/N-ethyl adjacent to an activating group) is 1. The normalized spacial score (nSPS) is 11.5. The van der Waals surface area contributed by atoms with Gasteiger partial charge in [-0.15, -0.1) is 0 Å². The second kappa shape index (κ2) is 10.2. The third-order valence-electron chi connectivity index (χ3n) is 6.61. The van der Waals surface area contributed by atoms with Crippen LogP contribution in [0.3, 0.4) is 0 Å². The second-order valence-corrected chi connectivity index (χ2v) is 9.58. The molecule has 0 aliphatic rings. The zero-order chi connectivity index (χ0) is 26.9. The topological polar surface area (TPSA) is 92.0 Å². The molecule has 4 heterocycles. The summed E-state index contributed by atoms with van der Waals surface area (Å²) in [5.41, 5.74) is 6.58. The van der Waals surface area contributed by atoms with Crippen LogP contribution < -0.4 is 9.47 Å². The molecule has 196 valence electrons. The molecular formula is C30H27FN6O2. The average molecular weight is 523 g/mol. The van der Waals surface area contributed by atoms with Gasteiger partial charge in [0.1, 0.15) is 29.6 Å². The Morgan fingerprint density at radius 3 is 2.59 bits per heavy atom. The van der Waals surface area contributed by atoms with Crippen molar-refractivity contribution in [2.75, 3.05) is 34.4 Å². The molecule has 0 spiro atoms. The van der Waals surface area contributed by atoms with E-state index in [1.165, 1.54) is 19.2 Å². The molecule has 9 heteroatoms. The lowest BCUT2D eigenvalue weighted by molar-refractivity contribution is 0.261. The first kappa shape index (κ1) is 24.6. The second-order valence-electron chi connectivity index (χ2n) is 9.58. The first-order valence-electron chi connectivity index (χ1n) is 12.5. The van der Waals surface area contributed by atoms with Crippen LogP contribution in [0.2, 0.25) is 0 Å². The number of nitrogens with zero attached hydrogens (tertiary/aromatic N) is 4. The van der Waals surface area contributed by atoms with Crippen molar-refractivity contribution in [1.29, 1.82) is 0 Å². The lowest BCUT2D eigenvalue weighted by atomic mass is 10.0. The SMILES string of the molecule is COc1cc(F)cc(-c2cccc3[nH]c(-c4n[nH]c5ncc(-c6cncc(OCCN(C)C)c6)cc45)cc23)c1. The van der Waals surface area contributed by atoms with Crippen molar-refractivity contribution in [1.82, 2.24) is 30.0 Å². The molecule has 0 saturated heterocycles. The van der Waals surface area contributed by atoms with E-state index in [2.05, 4.69) is 30.0 Å². The molecule has 39 heavy (non-hydrogen) atoms.